The van der Waals surface area contributed by atoms with Crippen LogP contribution in [0.5, 0.6) is 0 Å². The van der Waals surface area contributed by atoms with E-state index in [0.29, 0.717) is 5.41 Å². The first kappa shape index (κ1) is 10.7. The molecular formula is C11H22. The van der Waals surface area contributed by atoms with Crippen molar-refractivity contribution >= 4 is 0 Å². The Morgan fingerprint density at radius 1 is 1.27 bits per heavy atom. The lowest BCUT2D eigenvalue weighted by molar-refractivity contribution is 0.235. The Kier molecular flexibility index (Phi) is 4.48. The summed E-state index contributed by atoms with van der Waals surface area (Å²) >= 11 is 0. The average Bonchev–Trinajstić information content (AvgIpc) is 1.87. The molecule has 0 N–H and O–H groups in total. The van der Waals surface area contributed by atoms with Crippen molar-refractivity contribution in [1.82, 2.24) is 0 Å². The van der Waals surface area contributed by atoms with Crippen molar-refractivity contribution in [2.75, 3.05) is 0 Å². The molecule has 0 aromatic carbocycles. The predicted octanol–water partition coefficient (Wildman–Crippen LogP) is 4.02. The van der Waals surface area contributed by atoms with Gasteiger partial charge in [0, 0.05) is 0 Å². The van der Waals surface area contributed by atoms with Gasteiger partial charge in [-0.3, -0.25) is 0 Å². The summed E-state index contributed by atoms with van der Waals surface area (Å²) in [6.07, 6.45) is 6.94. The zero-order chi connectivity index (χ0) is 8.91. The lowest BCUT2D eigenvalue weighted by Crippen LogP contribution is -2.18. The van der Waals surface area contributed by atoms with Crippen molar-refractivity contribution in [1.29, 1.82) is 0 Å². The minimum absolute atomic E-state index is 0.467. The van der Waals surface area contributed by atoms with Crippen LogP contribution >= 0.6 is 0 Å². The van der Waals surface area contributed by atoms with Crippen LogP contribution in [0.4, 0.5) is 0 Å². The van der Waals surface area contributed by atoms with Crippen LogP contribution in [0.2, 0.25) is 0 Å². The molecule has 66 valence electrons. The molecule has 11 heavy (non-hydrogen) atoms. The van der Waals surface area contributed by atoms with E-state index in [0.717, 1.165) is 5.92 Å². The van der Waals surface area contributed by atoms with Gasteiger partial charge in [0.15, 0.2) is 0 Å². The van der Waals surface area contributed by atoms with E-state index in [2.05, 4.69) is 46.8 Å². The molecule has 0 amide bonds. The third-order valence-electron chi connectivity index (χ3n) is 2.37. The molecular weight excluding hydrogens is 132 g/mol. The zero-order valence-electron chi connectivity index (χ0n) is 8.65. The smallest absolute Gasteiger partial charge is 0.0317 e. The van der Waals surface area contributed by atoms with Gasteiger partial charge in [0.1, 0.15) is 0 Å². The third-order valence-corrected chi connectivity index (χ3v) is 2.37. The third kappa shape index (κ3) is 4.23. The summed E-state index contributed by atoms with van der Waals surface area (Å²) in [7, 11) is 0. The molecule has 0 bridgehead atoms. The number of hydrogen-bond acceptors (Lipinski definition) is 0. The molecule has 0 heterocycles. The highest BCUT2D eigenvalue weighted by Gasteiger charge is 2.20. The molecule has 0 heteroatoms. The standard InChI is InChI=1S/C11H22/c1-6-8-9-10(7-2)11(3,4)5/h6,8,10H,7,9H2,1-5H3. The summed E-state index contributed by atoms with van der Waals surface area (Å²) in [4.78, 5) is 0. The lowest BCUT2D eigenvalue weighted by Gasteiger charge is -2.28. The molecule has 0 saturated heterocycles. The first-order chi connectivity index (χ1) is 5.02. The molecule has 0 aliphatic carbocycles. The largest absolute Gasteiger partial charge is 0.0917 e. The minimum Gasteiger partial charge on any atom is -0.0917 e. The highest BCUT2D eigenvalue weighted by atomic mass is 14.3. The van der Waals surface area contributed by atoms with E-state index < -0.39 is 0 Å². The van der Waals surface area contributed by atoms with Gasteiger partial charge < -0.3 is 0 Å². The Balaban J connectivity index is 3.96. The fourth-order valence-electron chi connectivity index (χ4n) is 1.43. The van der Waals surface area contributed by atoms with Gasteiger partial charge in [-0.15, -0.1) is 0 Å². The Labute approximate surface area is 71.7 Å². The molecule has 0 aromatic heterocycles. The molecule has 0 rings (SSSR count). The van der Waals surface area contributed by atoms with Crippen molar-refractivity contribution in [3.05, 3.63) is 12.2 Å². The fraction of sp³-hybridized carbons (Fsp3) is 0.818. The summed E-state index contributed by atoms with van der Waals surface area (Å²) in [5.74, 6) is 0.832. The highest BCUT2D eigenvalue weighted by molar-refractivity contribution is 4.84. The molecule has 1 atom stereocenters. The van der Waals surface area contributed by atoms with Gasteiger partial charge in [-0.25, -0.2) is 0 Å². The Hall–Kier alpha value is -0.260. The molecule has 0 aliphatic rings. The second-order valence-corrected chi connectivity index (χ2v) is 4.28. The van der Waals surface area contributed by atoms with Crippen LogP contribution in [0, 0.1) is 11.3 Å². The minimum atomic E-state index is 0.467. The van der Waals surface area contributed by atoms with Crippen LogP contribution in [0.15, 0.2) is 12.2 Å². The second-order valence-electron chi connectivity index (χ2n) is 4.28. The lowest BCUT2D eigenvalue weighted by atomic mass is 9.77. The average molecular weight is 154 g/mol. The van der Waals surface area contributed by atoms with E-state index in [4.69, 9.17) is 0 Å². The van der Waals surface area contributed by atoms with Gasteiger partial charge in [0.25, 0.3) is 0 Å². The molecule has 0 fully saturated rings. The van der Waals surface area contributed by atoms with E-state index >= 15 is 0 Å². The van der Waals surface area contributed by atoms with Gasteiger partial charge in [-0.05, 0) is 24.7 Å². The van der Waals surface area contributed by atoms with E-state index in [9.17, 15) is 0 Å². The van der Waals surface area contributed by atoms with Crippen LogP contribution < -0.4 is 0 Å². The normalized spacial score (nSPS) is 15.7. The maximum Gasteiger partial charge on any atom is -0.0317 e. The first-order valence-corrected chi connectivity index (χ1v) is 4.63. The predicted molar refractivity (Wildman–Crippen MR) is 52.7 cm³/mol. The Bertz CT molecular complexity index is 114. The fourth-order valence-corrected chi connectivity index (χ4v) is 1.43. The number of allylic oxidation sites excluding steroid dienone is 2. The van der Waals surface area contributed by atoms with E-state index in [-0.39, 0.29) is 0 Å². The van der Waals surface area contributed by atoms with Crippen molar-refractivity contribution in [2.45, 2.75) is 47.5 Å². The SMILES string of the molecule is CC=CCC(CC)C(C)(C)C. The van der Waals surface area contributed by atoms with Crippen molar-refractivity contribution in [3.63, 3.8) is 0 Å². The van der Waals surface area contributed by atoms with E-state index in [1.165, 1.54) is 12.8 Å². The molecule has 0 radical (unpaired) electrons. The Morgan fingerprint density at radius 3 is 2.09 bits per heavy atom. The molecule has 0 aromatic rings. The maximum atomic E-state index is 2.32. The summed E-state index contributed by atoms with van der Waals surface area (Å²) < 4.78 is 0. The van der Waals surface area contributed by atoms with Crippen LogP contribution in [-0.2, 0) is 0 Å². The summed E-state index contributed by atoms with van der Waals surface area (Å²) in [6.45, 7) is 11.3. The van der Waals surface area contributed by atoms with Gasteiger partial charge in [-0.2, -0.15) is 0 Å². The monoisotopic (exact) mass is 154 g/mol. The highest BCUT2D eigenvalue weighted by Crippen LogP contribution is 2.31. The summed E-state index contributed by atoms with van der Waals surface area (Å²) in [6, 6.07) is 0. The quantitative estimate of drug-likeness (QED) is 0.538. The second kappa shape index (κ2) is 4.58. The molecule has 0 spiro atoms. The summed E-state index contributed by atoms with van der Waals surface area (Å²) in [5, 5.41) is 0. The number of rotatable bonds is 3. The van der Waals surface area contributed by atoms with Crippen LogP contribution in [-0.4, -0.2) is 0 Å². The van der Waals surface area contributed by atoms with Crippen molar-refractivity contribution in [2.24, 2.45) is 11.3 Å². The van der Waals surface area contributed by atoms with Crippen LogP contribution in [0.25, 0.3) is 0 Å². The van der Waals surface area contributed by atoms with Crippen molar-refractivity contribution < 1.29 is 0 Å². The van der Waals surface area contributed by atoms with Gasteiger partial charge in [0.2, 0.25) is 0 Å². The number of hydrogen-bond donors (Lipinski definition) is 0. The summed E-state index contributed by atoms with van der Waals surface area (Å²) in [5.41, 5.74) is 0.467. The van der Waals surface area contributed by atoms with Crippen LogP contribution in [0.1, 0.15) is 47.5 Å². The molecule has 0 saturated carbocycles. The van der Waals surface area contributed by atoms with Crippen LogP contribution in [0.3, 0.4) is 0 Å². The maximum absolute atomic E-state index is 2.32. The van der Waals surface area contributed by atoms with E-state index in [1.54, 1.807) is 0 Å². The van der Waals surface area contributed by atoms with Gasteiger partial charge >= 0.3 is 0 Å². The first-order valence-electron chi connectivity index (χ1n) is 4.63. The topological polar surface area (TPSA) is 0 Å². The zero-order valence-corrected chi connectivity index (χ0v) is 8.65. The van der Waals surface area contributed by atoms with Gasteiger partial charge in [0.05, 0.1) is 0 Å². The molecule has 0 aliphatic heterocycles. The van der Waals surface area contributed by atoms with E-state index in [1.807, 2.05) is 0 Å². The Morgan fingerprint density at radius 2 is 1.82 bits per heavy atom. The molecule has 0 nitrogen and oxygen atoms in total. The van der Waals surface area contributed by atoms with Crippen molar-refractivity contribution in [3.8, 4) is 0 Å². The van der Waals surface area contributed by atoms with Gasteiger partial charge in [-0.1, -0.05) is 46.3 Å². The molecule has 1 unspecified atom stereocenters.